The summed E-state index contributed by atoms with van der Waals surface area (Å²) in [6.07, 6.45) is 0.354. The maximum absolute atomic E-state index is 12.8. The molecule has 0 saturated carbocycles. The number of imidazole rings is 1. The van der Waals surface area contributed by atoms with E-state index in [4.69, 9.17) is 16.6 Å². The standard InChI is InChI=1S/C27H27ClN4O/c28-23-11-5-4-10-22(23)18-27(33)31-16-14-30(15-17-31)20-26-29-24-12-6-7-13-25(24)32(26)19-21-8-2-1-3-9-21/h1-13H,14-20H2. The molecule has 1 aliphatic heterocycles. The van der Waals surface area contributed by atoms with Crippen LogP contribution >= 0.6 is 11.6 Å². The fourth-order valence-electron chi connectivity index (χ4n) is 4.46. The van der Waals surface area contributed by atoms with Gasteiger partial charge in [0.1, 0.15) is 5.82 Å². The number of para-hydroxylation sites is 2. The lowest BCUT2D eigenvalue weighted by molar-refractivity contribution is -0.132. The Hall–Kier alpha value is -3.15. The minimum Gasteiger partial charge on any atom is -0.340 e. The van der Waals surface area contributed by atoms with Crippen LogP contribution in [0.1, 0.15) is 17.0 Å². The molecule has 1 fully saturated rings. The van der Waals surface area contributed by atoms with Gasteiger partial charge in [-0.25, -0.2) is 4.98 Å². The quantitative estimate of drug-likeness (QED) is 0.423. The number of fused-ring (bicyclic) bond motifs is 1. The van der Waals surface area contributed by atoms with Crippen LogP contribution in [0.5, 0.6) is 0 Å². The van der Waals surface area contributed by atoms with Crippen molar-refractivity contribution < 1.29 is 4.79 Å². The molecule has 6 heteroatoms. The third-order valence-corrected chi connectivity index (χ3v) is 6.68. The predicted molar refractivity (Wildman–Crippen MR) is 132 cm³/mol. The molecular formula is C27H27ClN4O. The zero-order chi connectivity index (χ0) is 22.6. The molecule has 1 aliphatic rings. The average molecular weight is 459 g/mol. The summed E-state index contributed by atoms with van der Waals surface area (Å²) in [5, 5.41) is 0.654. The number of aromatic nitrogens is 2. The van der Waals surface area contributed by atoms with Gasteiger partial charge in [0.2, 0.25) is 5.91 Å². The second-order valence-electron chi connectivity index (χ2n) is 8.51. The lowest BCUT2D eigenvalue weighted by Gasteiger charge is -2.34. The van der Waals surface area contributed by atoms with Crippen LogP contribution in [0.4, 0.5) is 0 Å². The normalized spacial score (nSPS) is 14.6. The first-order valence-corrected chi connectivity index (χ1v) is 11.8. The Balaban J connectivity index is 1.26. The van der Waals surface area contributed by atoms with Crippen LogP contribution in [0.3, 0.4) is 0 Å². The molecule has 0 aliphatic carbocycles. The van der Waals surface area contributed by atoms with E-state index in [1.54, 1.807) is 0 Å². The lowest BCUT2D eigenvalue weighted by atomic mass is 10.1. The van der Waals surface area contributed by atoms with Gasteiger partial charge in [0.05, 0.1) is 24.0 Å². The molecular weight excluding hydrogens is 432 g/mol. The van der Waals surface area contributed by atoms with Crippen molar-refractivity contribution in [3.63, 3.8) is 0 Å². The van der Waals surface area contributed by atoms with Crippen molar-refractivity contribution in [2.45, 2.75) is 19.5 Å². The first kappa shape index (κ1) is 21.7. The van der Waals surface area contributed by atoms with Gasteiger partial charge in [-0.1, -0.05) is 72.3 Å². The summed E-state index contributed by atoms with van der Waals surface area (Å²) < 4.78 is 2.32. The van der Waals surface area contributed by atoms with Crippen molar-refractivity contribution in [1.29, 1.82) is 0 Å². The fourth-order valence-corrected chi connectivity index (χ4v) is 4.66. The van der Waals surface area contributed by atoms with Gasteiger partial charge in [-0.05, 0) is 29.3 Å². The van der Waals surface area contributed by atoms with E-state index < -0.39 is 0 Å². The molecule has 1 saturated heterocycles. The molecule has 0 atom stereocenters. The highest BCUT2D eigenvalue weighted by molar-refractivity contribution is 6.31. The monoisotopic (exact) mass is 458 g/mol. The van der Waals surface area contributed by atoms with Crippen molar-refractivity contribution in [3.05, 3.63) is 101 Å². The third-order valence-electron chi connectivity index (χ3n) is 6.31. The molecule has 2 heterocycles. The van der Waals surface area contributed by atoms with E-state index in [1.165, 1.54) is 5.56 Å². The largest absolute Gasteiger partial charge is 0.340 e. The first-order valence-electron chi connectivity index (χ1n) is 11.4. The van der Waals surface area contributed by atoms with Gasteiger partial charge in [-0.3, -0.25) is 9.69 Å². The van der Waals surface area contributed by atoms with Crippen LogP contribution in [-0.4, -0.2) is 51.4 Å². The number of benzene rings is 3. The zero-order valence-electron chi connectivity index (χ0n) is 18.5. The number of halogens is 1. The Morgan fingerprint density at radius 3 is 2.30 bits per heavy atom. The van der Waals surface area contributed by atoms with Crippen molar-refractivity contribution >= 4 is 28.5 Å². The highest BCUT2D eigenvalue weighted by Gasteiger charge is 2.23. The molecule has 0 radical (unpaired) electrons. The van der Waals surface area contributed by atoms with Crippen LogP contribution in [0.25, 0.3) is 11.0 Å². The minimum atomic E-state index is 0.138. The van der Waals surface area contributed by atoms with Crippen molar-refractivity contribution in [2.24, 2.45) is 0 Å². The molecule has 0 N–H and O–H groups in total. The smallest absolute Gasteiger partial charge is 0.227 e. The van der Waals surface area contributed by atoms with E-state index in [0.717, 1.165) is 61.7 Å². The predicted octanol–water partition coefficient (Wildman–Crippen LogP) is 4.62. The first-order chi connectivity index (χ1) is 16.2. The molecule has 0 spiro atoms. The van der Waals surface area contributed by atoms with E-state index in [9.17, 15) is 4.79 Å². The maximum atomic E-state index is 12.8. The van der Waals surface area contributed by atoms with Gasteiger partial charge in [0.15, 0.2) is 0 Å². The van der Waals surface area contributed by atoms with Gasteiger partial charge in [-0.15, -0.1) is 0 Å². The number of piperazine rings is 1. The summed E-state index contributed by atoms with van der Waals surface area (Å²) in [5.41, 5.74) is 4.33. The molecule has 33 heavy (non-hydrogen) atoms. The zero-order valence-corrected chi connectivity index (χ0v) is 19.3. The highest BCUT2D eigenvalue weighted by Crippen LogP contribution is 2.21. The van der Waals surface area contributed by atoms with Crippen molar-refractivity contribution in [1.82, 2.24) is 19.4 Å². The van der Waals surface area contributed by atoms with Crippen LogP contribution in [0, 0.1) is 0 Å². The van der Waals surface area contributed by atoms with Gasteiger partial charge in [-0.2, -0.15) is 0 Å². The van der Waals surface area contributed by atoms with E-state index >= 15 is 0 Å². The number of carbonyl (C=O) groups excluding carboxylic acids is 1. The van der Waals surface area contributed by atoms with Gasteiger partial charge in [0.25, 0.3) is 0 Å². The van der Waals surface area contributed by atoms with Crippen LogP contribution in [-0.2, 0) is 24.3 Å². The Kier molecular flexibility index (Phi) is 6.42. The van der Waals surface area contributed by atoms with Crippen LogP contribution in [0.2, 0.25) is 5.02 Å². The molecule has 0 bridgehead atoms. The molecule has 5 nitrogen and oxygen atoms in total. The van der Waals surface area contributed by atoms with Crippen molar-refractivity contribution in [3.8, 4) is 0 Å². The number of carbonyl (C=O) groups is 1. The molecule has 1 aromatic heterocycles. The molecule has 1 amide bonds. The van der Waals surface area contributed by atoms with Crippen molar-refractivity contribution in [2.75, 3.05) is 26.2 Å². The van der Waals surface area contributed by atoms with E-state index in [0.29, 0.717) is 11.4 Å². The number of amides is 1. The maximum Gasteiger partial charge on any atom is 0.227 e. The summed E-state index contributed by atoms with van der Waals surface area (Å²) in [4.78, 5) is 22.1. The third kappa shape index (κ3) is 4.95. The summed E-state index contributed by atoms with van der Waals surface area (Å²) in [5.74, 6) is 1.20. The number of rotatable bonds is 6. The number of hydrogen-bond acceptors (Lipinski definition) is 3. The van der Waals surface area contributed by atoms with Gasteiger partial charge in [0, 0.05) is 37.7 Å². The number of hydrogen-bond donors (Lipinski definition) is 0. The van der Waals surface area contributed by atoms with Crippen LogP contribution < -0.4 is 0 Å². The van der Waals surface area contributed by atoms with E-state index in [2.05, 4.69) is 51.9 Å². The molecule has 0 unspecified atom stereocenters. The Morgan fingerprint density at radius 1 is 0.818 bits per heavy atom. The summed E-state index contributed by atoms with van der Waals surface area (Å²) in [7, 11) is 0. The average Bonchev–Trinajstić information content (AvgIpc) is 3.18. The van der Waals surface area contributed by atoms with Gasteiger partial charge < -0.3 is 9.47 Å². The Morgan fingerprint density at radius 2 is 1.52 bits per heavy atom. The van der Waals surface area contributed by atoms with E-state index in [-0.39, 0.29) is 5.91 Å². The Bertz CT molecular complexity index is 1250. The number of nitrogens with zero attached hydrogens (tertiary/aromatic N) is 4. The minimum absolute atomic E-state index is 0.138. The highest BCUT2D eigenvalue weighted by atomic mass is 35.5. The second kappa shape index (κ2) is 9.77. The summed E-state index contributed by atoms with van der Waals surface area (Å²) >= 11 is 6.24. The topological polar surface area (TPSA) is 41.4 Å². The Labute approximate surface area is 199 Å². The van der Waals surface area contributed by atoms with Gasteiger partial charge >= 0.3 is 0 Å². The molecule has 4 aromatic rings. The molecule has 168 valence electrons. The fraction of sp³-hybridized carbons (Fsp3) is 0.259. The van der Waals surface area contributed by atoms with E-state index in [1.807, 2.05) is 41.3 Å². The molecule has 3 aromatic carbocycles. The molecule has 5 rings (SSSR count). The summed E-state index contributed by atoms with van der Waals surface area (Å²) in [6.45, 7) is 4.69. The van der Waals surface area contributed by atoms with Crippen LogP contribution in [0.15, 0.2) is 78.9 Å². The summed E-state index contributed by atoms with van der Waals surface area (Å²) in [6, 6.07) is 26.4. The SMILES string of the molecule is O=C(Cc1ccccc1Cl)N1CCN(Cc2nc3ccccc3n2Cc2ccccc2)CC1. The second-order valence-corrected chi connectivity index (χ2v) is 8.92. The lowest BCUT2D eigenvalue weighted by Crippen LogP contribution is -2.49.